The van der Waals surface area contributed by atoms with E-state index in [0.717, 1.165) is 33.7 Å². The van der Waals surface area contributed by atoms with Crippen molar-refractivity contribution in [3.8, 4) is 17.1 Å². The van der Waals surface area contributed by atoms with Gasteiger partial charge in [0, 0.05) is 5.56 Å². The number of methoxy groups -OCH3 is 1. The van der Waals surface area contributed by atoms with E-state index >= 15 is 0 Å². The minimum absolute atomic E-state index is 0.877. The summed E-state index contributed by atoms with van der Waals surface area (Å²) in [6.45, 7) is 4.11. The molecule has 0 amide bonds. The Balaban J connectivity index is 2.16. The van der Waals surface area contributed by atoms with Crippen molar-refractivity contribution in [1.29, 1.82) is 0 Å². The molecule has 0 radical (unpaired) electrons. The van der Waals surface area contributed by atoms with Crippen LogP contribution in [0.15, 0.2) is 36.4 Å². The van der Waals surface area contributed by atoms with Gasteiger partial charge in [0.1, 0.15) is 11.6 Å². The molecule has 0 aliphatic heterocycles. The van der Waals surface area contributed by atoms with Crippen molar-refractivity contribution in [1.82, 2.24) is 9.97 Å². The fourth-order valence-corrected chi connectivity index (χ4v) is 2.28. The number of H-pyrrole nitrogens is 1. The van der Waals surface area contributed by atoms with E-state index in [-0.39, 0.29) is 0 Å². The predicted octanol–water partition coefficient (Wildman–Crippen LogP) is 3.86. The topological polar surface area (TPSA) is 37.9 Å². The lowest BCUT2D eigenvalue weighted by molar-refractivity contribution is 0.412. The van der Waals surface area contributed by atoms with Crippen LogP contribution in [-0.2, 0) is 0 Å². The minimum Gasteiger partial charge on any atom is -0.496 e. The number of fused-ring (bicyclic) bond motifs is 1. The average Bonchev–Trinajstić information content (AvgIpc) is 2.85. The van der Waals surface area contributed by atoms with Crippen molar-refractivity contribution in [2.75, 3.05) is 7.11 Å². The van der Waals surface area contributed by atoms with Crippen molar-refractivity contribution in [2.24, 2.45) is 0 Å². The Hall–Kier alpha value is -2.29. The van der Waals surface area contributed by atoms with Gasteiger partial charge in [0.2, 0.25) is 0 Å². The molecule has 96 valence electrons. The molecule has 1 heterocycles. The molecule has 3 heteroatoms. The fourth-order valence-electron chi connectivity index (χ4n) is 2.28. The number of imidazole rings is 1. The standard InChI is InChI=1S/C16H16N2O/c1-10-7-8-12(9-14(10)19-3)16-17-13-6-4-5-11(2)15(13)18-16/h4-9H,1-3H3,(H,17,18). The lowest BCUT2D eigenvalue weighted by atomic mass is 10.1. The summed E-state index contributed by atoms with van der Waals surface area (Å²) in [5, 5.41) is 0. The number of aromatic nitrogens is 2. The third kappa shape index (κ3) is 1.97. The van der Waals surface area contributed by atoms with E-state index < -0.39 is 0 Å². The van der Waals surface area contributed by atoms with E-state index in [4.69, 9.17) is 4.74 Å². The monoisotopic (exact) mass is 252 g/mol. The summed E-state index contributed by atoms with van der Waals surface area (Å²) in [4.78, 5) is 8.03. The zero-order valence-electron chi connectivity index (χ0n) is 11.3. The molecular formula is C16H16N2O. The summed E-state index contributed by atoms with van der Waals surface area (Å²) >= 11 is 0. The largest absolute Gasteiger partial charge is 0.496 e. The zero-order valence-corrected chi connectivity index (χ0v) is 11.3. The number of hydrogen-bond acceptors (Lipinski definition) is 2. The molecule has 0 spiro atoms. The van der Waals surface area contributed by atoms with Gasteiger partial charge in [-0.3, -0.25) is 0 Å². The molecule has 3 rings (SSSR count). The van der Waals surface area contributed by atoms with Gasteiger partial charge >= 0.3 is 0 Å². The van der Waals surface area contributed by atoms with Crippen molar-refractivity contribution >= 4 is 11.0 Å². The molecule has 0 fully saturated rings. The van der Waals surface area contributed by atoms with Crippen LogP contribution in [0.2, 0.25) is 0 Å². The lowest BCUT2D eigenvalue weighted by Gasteiger charge is -2.05. The number of aromatic amines is 1. The maximum absolute atomic E-state index is 5.36. The first-order valence-electron chi connectivity index (χ1n) is 6.29. The van der Waals surface area contributed by atoms with Gasteiger partial charge < -0.3 is 9.72 Å². The van der Waals surface area contributed by atoms with E-state index in [1.165, 1.54) is 5.56 Å². The van der Waals surface area contributed by atoms with Crippen LogP contribution in [0.5, 0.6) is 5.75 Å². The third-order valence-electron chi connectivity index (χ3n) is 3.40. The molecule has 0 atom stereocenters. The quantitative estimate of drug-likeness (QED) is 0.752. The van der Waals surface area contributed by atoms with Crippen LogP contribution in [0.1, 0.15) is 11.1 Å². The van der Waals surface area contributed by atoms with Crippen molar-refractivity contribution < 1.29 is 4.74 Å². The van der Waals surface area contributed by atoms with Crippen molar-refractivity contribution in [3.05, 3.63) is 47.5 Å². The highest BCUT2D eigenvalue weighted by atomic mass is 16.5. The van der Waals surface area contributed by atoms with Crippen molar-refractivity contribution in [2.45, 2.75) is 13.8 Å². The van der Waals surface area contributed by atoms with Crippen LogP contribution in [0.3, 0.4) is 0 Å². The summed E-state index contributed by atoms with van der Waals surface area (Å²) in [5.41, 5.74) is 5.43. The van der Waals surface area contributed by atoms with E-state index in [1.807, 2.05) is 31.2 Å². The second-order valence-electron chi connectivity index (χ2n) is 4.74. The van der Waals surface area contributed by atoms with E-state index in [1.54, 1.807) is 7.11 Å². The summed E-state index contributed by atoms with van der Waals surface area (Å²) in [5.74, 6) is 1.76. The van der Waals surface area contributed by atoms with Crippen LogP contribution in [0.25, 0.3) is 22.4 Å². The molecule has 0 aliphatic rings. The number of hydrogen-bond donors (Lipinski definition) is 1. The Morgan fingerprint density at radius 3 is 2.63 bits per heavy atom. The maximum atomic E-state index is 5.36. The number of nitrogens with one attached hydrogen (secondary N) is 1. The maximum Gasteiger partial charge on any atom is 0.138 e. The smallest absolute Gasteiger partial charge is 0.138 e. The zero-order chi connectivity index (χ0) is 13.4. The Labute approximate surface area is 112 Å². The number of benzene rings is 2. The fraction of sp³-hybridized carbons (Fsp3) is 0.188. The highest BCUT2D eigenvalue weighted by Crippen LogP contribution is 2.27. The highest BCUT2D eigenvalue weighted by molar-refractivity contribution is 5.82. The van der Waals surface area contributed by atoms with Gasteiger partial charge in [0.15, 0.2) is 0 Å². The summed E-state index contributed by atoms with van der Waals surface area (Å²) in [6, 6.07) is 12.3. The Kier molecular flexibility index (Phi) is 2.75. The molecule has 1 N–H and O–H groups in total. The number of aryl methyl sites for hydroxylation is 2. The van der Waals surface area contributed by atoms with E-state index in [2.05, 4.69) is 29.0 Å². The van der Waals surface area contributed by atoms with Gasteiger partial charge in [0.05, 0.1) is 18.1 Å². The SMILES string of the molecule is COc1cc(-c2nc3c(C)cccc3[nH]2)ccc1C. The molecule has 3 aromatic rings. The minimum atomic E-state index is 0.877. The first kappa shape index (κ1) is 11.8. The average molecular weight is 252 g/mol. The third-order valence-corrected chi connectivity index (χ3v) is 3.40. The normalized spacial score (nSPS) is 10.9. The number of nitrogens with zero attached hydrogens (tertiary/aromatic N) is 1. The molecule has 19 heavy (non-hydrogen) atoms. The molecule has 3 nitrogen and oxygen atoms in total. The molecular weight excluding hydrogens is 236 g/mol. The second-order valence-corrected chi connectivity index (χ2v) is 4.74. The molecule has 0 saturated carbocycles. The van der Waals surface area contributed by atoms with Crippen LogP contribution >= 0.6 is 0 Å². The van der Waals surface area contributed by atoms with Crippen LogP contribution in [0.4, 0.5) is 0 Å². The first-order chi connectivity index (χ1) is 9.19. The predicted molar refractivity (Wildman–Crippen MR) is 77.6 cm³/mol. The van der Waals surface area contributed by atoms with Crippen LogP contribution in [0, 0.1) is 13.8 Å². The van der Waals surface area contributed by atoms with Crippen LogP contribution < -0.4 is 4.74 Å². The van der Waals surface area contributed by atoms with Gasteiger partial charge in [0.25, 0.3) is 0 Å². The van der Waals surface area contributed by atoms with Gasteiger partial charge in [-0.25, -0.2) is 4.98 Å². The van der Waals surface area contributed by atoms with E-state index in [9.17, 15) is 0 Å². The van der Waals surface area contributed by atoms with Crippen LogP contribution in [-0.4, -0.2) is 17.1 Å². The summed E-state index contributed by atoms with van der Waals surface area (Å²) in [7, 11) is 1.69. The van der Waals surface area contributed by atoms with Gasteiger partial charge in [-0.15, -0.1) is 0 Å². The first-order valence-corrected chi connectivity index (χ1v) is 6.29. The number of ether oxygens (including phenoxy) is 1. The molecule has 2 aromatic carbocycles. The summed E-state index contributed by atoms with van der Waals surface area (Å²) < 4.78 is 5.36. The molecule has 0 unspecified atom stereocenters. The summed E-state index contributed by atoms with van der Waals surface area (Å²) in [6.07, 6.45) is 0. The second kappa shape index (κ2) is 4.43. The highest BCUT2D eigenvalue weighted by Gasteiger charge is 2.08. The lowest BCUT2D eigenvalue weighted by Crippen LogP contribution is -1.88. The molecule has 1 aromatic heterocycles. The molecule has 0 aliphatic carbocycles. The van der Waals surface area contributed by atoms with Crippen molar-refractivity contribution in [3.63, 3.8) is 0 Å². The Bertz CT molecular complexity index is 744. The van der Waals surface area contributed by atoms with E-state index in [0.29, 0.717) is 0 Å². The number of rotatable bonds is 2. The molecule has 0 bridgehead atoms. The number of para-hydroxylation sites is 1. The van der Waals surface area contributed by atoms with Gasteiger partial charge in [-0.2, -0.15) is 0 Å². The van der Waals surface area contributed by atoms with Gasteiger partial charge in [-0.1, -0.05) is 24.3 Å². The Morgan fingerprint density at radius 1 is 1.05 bits per heavy atom. The van der Waals surface area contributed by atoms with Gasteiger partial charge in [-0.05, 0) is 37.1 Å². The Morgan fingerprint density at radius 2 is 1.89 bits per heavy atom. The molecule has 0 saturated heterocycles.